The van der Waals surface area contributed by atoms with E-state index in [0.29, 0.717) is 22.2 Å². The van der Waals surface area contributed by atoms with Crippen LogP contribution in [-0.2, 0) is 0 Å². The lowest BCUT2D eigenvalue weighted by molar-refractivity contribution is 0.255. The third-order valence-corrected chi connectivity index (χ3v) is 2.86. The Balaban J connectivity index is 2.59. The molecule has 0 saturated heterocycles. The first kappa shape index (κ1) is 14.0. The minimum Gasteiger partial charge on any atom is -0.495 e. The Morgan fingerprint density at radius 3 is 2.55 bits per heavy atom. The van der Waals surface area contributed by atoms with E-state index in [1.54, 1.807) is 6.07 Å². The Morgan fingerprint density at radius 2 is 2.05 bits per heavy atom. The largest absolute Gasteiger partial charge is 0.495 e. The van der Waals surface area contributed by atoms with Crippen LogP contribution in [0.2, 0.25) is 5.02 Å². The molecule has 0 spiro atoms. The topological polar surface area (TPSA) is 90.8 Å². The molecule has 20 heavy (non-hydrogen) atoms. The van der Waals surface area contributed by atoms with Crippen LogP contribution in [0.5, 0.6) is 11.5 Å². The number of ether oxygens (including phenoxy) is 2. The molecule has 1 aromatic carbocycles. The van der Waals surface area contributed by atoms with Gasteiger partial charge in [-0.3, -0.25) is 0 Å². The van der Waals surface area contributed by atoms with E-state index in [9.17, 15) is 4.79 Å². The van der Waals surface area contributed by atoms with E-state index in [2.05, 4.69) is 5.16 Å². The zero-order valence-corrected chi connectivity index (χ0v) is 11.5. The van der Waals surface area contributed by atoms with Gasteiger partial charge in [-0.05, 0) is 6.07 Å². The molecule has 8 heteroatoms. The molecular weight excluding hydrogens is 286 g/mol. The quantitative estimate of drug-likeness (QED) is 0.936. The molecule has 0 bridgehead atoms. The van der Waals surface area contributed by atoms with Crippen LogP contribution < -0.4 is 20.1 Å². The lowest BCUT2D eigenvalue weighted by Gasteiger charge is -2.20. The fourth-order valence-electron chi connectivity index (χ4n) is 1.70. The monoisotopic (exact) mass is 297 g/mol. The van der Waals surface area contributed by atoms with Crippen molar-refractivity contribution in [3.63, 3.8) is 0 Å². The van der Waals surface area contributed by atoms with E-state index in [-0.39, 0.29) is 5.82 Å². The summed E-state index contributed by atoms with van der Waals surface area (Å²) in [5, 5.41) is 3.99. The summed E-state index contributed by atoms with van der Waals surface area (Å²) in [6.45, 7) is 0. The molecule has 0 radical (unpaired) electrons. The van der Waals surface area contributed by atoms with E-state index in [4.69, 9.17) is 31.3 Å². The molecule has 2 N–H and O–H groups in total. The zero-order chi connectivity index (χ0) is 14.7. The molecule has 1 heterocycles. The second kappa shape index (κ2) is 5.70. The second-order valence-corrected chi connectivity index (χ2v) is 4.10. The van der Waals surface area contributed by atoms with Gasteiger partial charge in [0.25, 0.3) is 0 Å². The van der Waals surface area contributed by atoms with Gasteiger partial charge in [-0.25, -0.2) is 9.69 Å². The number of nitrogens with zero attached hydrogens (tertiary/aromatic N) is 2. The highest BCUT2D eigenvalue weighted by Gasteiger charge is 2.23. The molecule has 0 aliphatic carbocycles. The van der Waals surface area contributed by atoms with Crippen LogP contribution in [0, 0.1) is 0 Å². The first-order valence-corrected chi connectivity index (χ1v) is 5.87. The van der Waals surface area contributed by atoms with Gasteiger partial charge in [0, 0.05) is 12.1 Å². The molecule has 0 unspecified atom stereocenters. The fourth-order valence-corrected chi connectivity index (χ4v) is 1.93. The smallest absolute Gasteiger partial charge is 0.325 e. The number of primary amides is 1. The van der Waals surface area contributed by atoms with Gasteiger partial charge in [-0.1, -0.05) is 16.8 Å². The molecule has 2 aromatic rings. The maximum absolute atomic E-state index is 11.7. The standard InChI is InChI=1S/C12H12ClN3O4/c1-18-9-6-10(19-2)8(5-7(9)13)16(12(14)17)11-3-4-20-15-11/h3-6H,1-2H3,(H2,14,17). The van der Waals surface area contributed by atoms with Gasteiger partial charge in [0.2, 0.25) is 0 Å². The molecule has 0 aliphatic rings. The van der Waals surface area contributed by atoms with Gasteiger partial charge in [0.05, 0.1) is 24.9 Å². The molecule has 2 amide bonds. The molecule has 0 fully saturated rings. The summed E-state index contributed by atoms with van der Waals surface area (Å²) in [6.07, 6.45) is 1.32. The number of urea groups is 1. The number of hydrogen-bond acceptors (Lipinski definition) is 5. The van der Waals surface area contributed by atoms with Gasteiger partial charge in [-0.2, -0.15) is 0 Å². The van der Waals surface area contributed by atoms with Crippen molar-refractivity contribution in [1.82, 2.24) is 5.16 Å². The number of carbonyl (C=O) groups is 1. The summed E-state index contributed by atoms with van der Waals surface area (Å²) in [4.78, 5) is 12.8. The minimum absolute atomic E-state index is 0.219. The number of methoxy groups -OCH3 is 2. The van der Waals surface area contributed by atoms with Crippen LogP contribution in [0.25, 0.3) is 0 Å². The fraction of sp³-hybridized carbons (Fsp3) is 0.167. The van der Waals surface area contributed by atoms with E-state index in [1.807, 2.05) is 0 Å². The number of benzene rings is 1. The molecule has 106 valence electrons. The summed E-state index contributed by atoms with van der Waals surface area (Å²) in [5.41, 5.74) is 5.71. The van der Waals surface area contributed by atoms with Gasteiger partial charge < -0.3 is 19.7 Å². The average Bonchev–Trinajstić information content (AvgIpc) is 2.92. The Bertz CT molecular complexity index is 615. The highest BCUT2D eigenvalue weighted by Crippen LogP contribution is 2.40. The average molecular weight is 298 g/mol. The van der Waals surface area contributed by atoms with Crippen molar-refractivity contribution in [2.24, 2.45) is 5.73 Å². The lowest BCUT2D eigenvalue weighted by Crippen LogP contribution is -2.32. The third-order valence-electron chi connectivity index (χ3n) is 2.57. The summed E-state index contributed by atoms with van der Waals surface area (Å²) >= 11 is 6.07. The number of nitrogens with two attached hydrogens (primary N) is 1. The third kappa shape index (κ3) is 2.48. The Morgan fingerprint density at radius 1 is 1.35 bits per heavy atom. The van der Waals surface area contributed by atoms with Crippen LogP contribution in [-0.4, -0.2) is 25.4 Å². The van der Waals surface area contributed by atoms with Crippen LogP contribution in [0.15, 0.2) is 29.0 Å². The van der Waals surface area contributed by atoms with Crippen LogP contribution in [0.4, 0.5) is 16.3 Å². The summed E-state index contributed by atoms with van der Waals surface area (Å²) < 4.78 is 15.0. The number of hydrogen-bond donors (Lipinski definition) is 1. The molecule has 1 aromatic heterocycles. The number of aromatic nitrogens is 1. The predicted molar refractivity (Wildman–Crippen MR) is 72.8 cm³/mol. The first-order valence-electron chi connectivity index (χ1n) is 5.50. The van der Waals surface area contributed by atoms with Crippen molar-refractivity contribution in [1.29, 1.82) is 0 Å². The summed E-state index contributed by atoms with van der Waals surface area (Å²) in [6, 6.07) is 3.78. The zero-order valence-electron chi connectivity index (χ0n) is 10.8. The van der Waals surface area contributed by atoms with E-state index >= 15 is 0 Å². The number of anilines is 2. The van der Waals surface area contributed by atoms with Crippen molar-refractivity contribution in [2.75, 3.05) is 19.1 Å². The maximum Gasteiger partial charge on any atom is 0.325 e. The van der Waals surface area contributed by atoms with E-state index in [0.717, 1.165) is 4.90 Å². The molecular formula is C12H12ClN3O4. The van der Waals surface area contributed by atoms with Crippen LogP contribution in [0.3, 0.4) is 0 Å². The first-order chi connectivity index (χ1) is 9.58. The predicted octanol–water partition coefficient (Wildman–Crippen LogP) is 2.56. The lowest BCUT2D eigenvalue weighted by atomic mass is 10.2. The van der Waals surface area contributed by atoms with Gasteiger partial charge in [0.15, 0.2) is 5.82 Å². The Labute approximate surface area is 119 Å². The van der Waals surface area contributed by atoms with E-state index < -0.39 is 6.03 Å². The van der Waals surface area contributed by atoms with Crippen molar-refractivity contribution in [3.8, 4) is 11.5 Å². The SMILES string of the molecule is COc1cc(OC)c(N(C(N)=O)c2ccon2)cc1Cl. The molecule has 2 rings (SSSR count). The summed E-state index contributed by atoms with van der Waals surface area (Å²) in [7, 11) is 2.93. The van der Waals surface area contributed by atoms with Gasteiger partial charge >= 0.3 is 6.03 Å². The Hall–Kier alpha value is -2.41. The van der Waals surface area contributed by atoms with Crippen molar-refractivity contribution in [3.05, 3.63) is 29.5 Å². The van der Waals surface area contributed by atoms with Crippen LogP contribution in [0.1, 0.15) is 0 Å². The number of carbonyl (C=O) groups excluding carboxylic acids is 1. The molecule has 0 saturated carbocycles. The van der Waals surface area contributed by atoms with Gasteiger partial charge in [-0.15, -0.1) is 0 Å². The number of rotatable bonds is 4. The van der Waals surface area contributed by atoms with E-state index in [1.165, 1.54) is 32.6 Å². The minimum atomic E-state index is -0.751. The number of amides is 2. The van der Waals surface area contributed by atoms with Crippen molar-refractivity contribution >= 4 is 29.1 Å². The second-order valence-electron chi connectivity index (χ2n) is 3.69. The summed E-state index contributed by atoms with van der Waals surface area (Å²) in [5.74, 6) is 0.988. The Kier molecular flexibility index (Phi) is 3.99. The van der Waals surface area contributed by atoms with Crippen molar-refractivity contribution in [2.45, 2.75) is 0 Å². The molecule has 0 atom stereocenters. The molecule has 7 nitrogen and oxygen atoms in total. The highest BCUT2D eigenvalue weighted by atomic mass is 35.5. The normalized spacial score (nSPS) is 10.2. The number of halogens is 1. The van der Waals surface area contributed by atoms with Crippen LogP contribution >= 0.6 is 11.6 Å². The maximum atomic E-state index is 11.7. The van der Waals surface area contributed by atoms with Crippen molar-refractivity contribution < 1.29 is 18.8 Å². The highest BCUT2D eigenvalue weighted by molar-refractivity contribution is 6.32. The molecule has 0 aliphatic heterocycles. The van der Waals surface area contributed by atoms with Gasteiger partial charge in [0.1, 0.15) is 17.8 Å².